The van der Waals surface area contributed by atoms with E-state index in [4.69, 9.17) is 9.72 Å². The number of hydrogen-bond donors (Lipinski definition) is 1. The van der Waals surface area contributed by atoms with E-state index in [0.29, 0.717) is 29.6 Å². The maximum atomic E-state index is 12.0. The minimum atomic E-state index is -1.02. The van der Waals surface area contributed by atoms with Crippen LogP contribution in [0.1, 0.15) is 60.0 Å². The monoisotopic (exact) mass is 580 g/mol. The number of rotatable bonds is 8. The quantitative estimate of drug-likeness (QED) is 0.268. The van der Waals surface area contributed by atoms with Crippen molar-refractivity contribution in [1.82, 2.24) is 28.8 Å². The Kier molecular flexibility index (Phi) is 6.71. The van der Waals surface area contributed by atoms with Crippen LogP contribution in [0.2, 0.25) is 0 Å². The number of imidazole rings is 1. The molecule has 0 radical (unpaired) electrons. The molecule has 1 amide bonds. The number of likely N-dealkylation sites (tertiary alicyclic amines) is 1. The molecule has 1 aliphatic carbocycles. The Morgan fingerprint density at radius 3 is 2.49 bits per heavy atom. The van der Waals surface area contributed by atoms with Gasteiger partial charge in [0.15, 0.2) is 5.82 Å². The summed E-state index contributed by atoms with van der Waals surface area (Å²) in [5.41, 5.74) is 6.06. The third-order valence-corrected chi connectivity index (χ3v) is 9.07. The molecule has 0 unspecified atom stereocenters. The first kappa shape index (κ1) is 27.2. The van der Waals surface area contributed by atoms with Gasteiger partial charge in [0.25, 0.3) is 0 Å². The van der Waals surface area contributed by atoms with Crippen molar-refractivity contribution in [2.24, 2.45) is 13.0 Å². The molecule has 0 bridgehead atoms. The van der Waals surface area contributed by atoms with Crippen molar-refractivity contribution < 1.29 is 19.4 Å². The summed E-state index contributed by atoms with van der Waals surface area (Å²) in [7, 11) is 3.46. The fraction of sp³-hybridized carbons (Fsp3) is 0.394. The van der Waals surface area contributed by atoms with Gasteiger partial charge in [0.05, 0.1) is 42.1 Å². The molecular weight excluding hydrogens is 544 g/mol. The van der Waals surface area contributed by atoms with E-state index in [-0.39, 0.29) is 11.5 Å². The molecule has 5 aromatic rings. The van der Waals surface area contributed by atoms with Crippen molar-refractivity contribution in [2.75, 3.05) is 20.2 Å². The van der Waals surface area contributed by atoms with E-state index in [2.05, 4.69) is 38.5 Å². The van der Waals surface area contributed by atoms with Crippen molar-refractivity contribution in [3.8, 4) is 17.3 Å². The summed E-state index contributed by atoms with van der Waals surface area (Å²) in [6, 6.07) is 12.0. The van der Waals surface area contributed by atoms with Crippen molar-refractivity contribution in [2.45, 2.75) is 51.6 Å². The number of nitrogens with zero attached hydrogens (tertiary/aromatic N) is 6. The highest BCUT2D eigenvalue weighted by Gasteiger charge is 2.30. The van der Waals surface area contributed by atoms with E-state index < -0.39 is 5.97 Å². The van der Waals surface area contributed by atoms with E-state index in [9.17, 15) is 14.7 Å². The van der Waals surface area contributed by atoms with Crippen LogP contribution in [0.4, 0.5) is 0 Å². The Bertz CT molecular complexity index is 1870. The van der Waals surface area contributed by atoms with Crippen LogP contribution in [-0.4, -0.2) is 66.0 Å². The molecule has 2 aromatic carbocycles. The molecule has 1 saturated heterocycles. The van der Waals surface area contributed by atoms with Gasteiger partial charge >= 0.3 is 5.97 Å². The smallest absolute Gasteiger partial charge is 0.335 e. The first-order valence-electron chi connectivity index (χ1n) is 15.0. The predicted octanol–water partition coefficient (Wildman–Crippen LogP) is 5.28. The van der Waals surface area contributed by atoms with Gasteiger partial charge in [-0.05, 0) is 61.3 Å². The number of carbonyl (C=O) groups excluding carboxylic acids is 1. The molecule has 1 saturated carbocycles. The second kappa shape index (κ2) is 10.6. The number of benzene rings is 2. The lowest BCUT2D eigenvalue weighted by Crippen LogP contribution is -2.36. The van der Waals surface area contributed by atoms with E-state index >= 15 is 0 Å². The number of carbonyl (C=O) groups is 2. The SMILES string of the molecule is COc1cc(C(=O)O)cc2nc(-c3cc4cccc(C5CCN(C(C)=O)CC5)c4n3CC3CC3)n(Cc3cnn(C)c3)c12. The molecule has 1 aliphatic heterocycles. The van der Waals surface area contributed by atoms with Gasteiger partial charge in [-0.15, -0.1) is 0 Å². The standard InChI is InChI=1S/C33H36N6O4/c1-20(40)37-11-9-23(10-12-37)26-6-4-5-24-14-28(38(30(24)26)18-21-7-8-21)32-35-27-13-25(33(41)42)15-29(43-3)31(27)39(32)19-22-16-34-36(2)17-22/h4-6,13-17,21,23H,7-12,18-19H2,1-3H3,(H,41,42). The van der Waals surface area contributed by atoms with E-state index in [1.807, 2.05) is 24.3 Å². The number of carboxylic acids is 1. The van der Waals surface area contributed by atoms with Crippen molar-refractivity contribution >= 4 is 33.8 Å². The summed E-state index contributed by atoms with van der Waals surface area (Å²) in [4.78, 5) is 31.1. The number of carboxylic acid groups (broad SMARTS) is 1. The maximum Gasteiger partial charge on any atom is 0.335 e. The Balaban J connectivity index is 1.44. The van der Waals surface area contributed by atoms with Crippen LogP contribution in [0.15, 0.2) is 48.8 Å². The number of para-hydroxylation sites is 1. The fourth-order valence-corrected chi connectivity index (χ4v) is 6.72. The Labute approximate surface area is 249 Å². The molecule has 10 nitrogen and oxygen atoms in total. The van der Waals surface area contributed by atoms with Gasteiger partial charge in [-0.3, -0.25) is 9.48 Å². The molecular formula is C33H36N6O4. The summed E-state index contributed by atoms with van der Waals surface area (Å²) in [6.45, 7) is 4.61. The lowest BCUT2D eigenvalue weighted by Gasteiger charge is -2.32. The molecule has 0 spiro atoms. The van der Waals surface area contributed by atoms with Crippen LogP contribution in [0.3, 0.4) is 0 Å². The van der Waals surface area contributed by atoms with Gasteiger partial charge < -0.3 is 23.9 Å². The van der Waals surface area contributed by atoms with Gasteiger partial charge in [0, 0.05) is 50.8 Å². The highest BCUT2D eigenvalue weighted by atomic mass is 16.5. The molecule has 3 aromatic heterocycles. The fourth-order valence-electron chi connectivity index (χ4n) is 6.72. The van der Waals surface area contributed by atoms with Gasteiger partial charge in [0.1, 0.15) is 11.3 Å². The van der Waals surface area contributed by atoms with Crippen molar-refractivity contribution in [3.63, 3.8) is 0 Å². The average molecular weight is 581 g/mol. The number of methoxy groups -OCH3 is 1. The van der Waals surface area contributed by atoms with Gasteiger partial charge in [-0.2, -0.15) is 5.10 Å². The van der Waals surface area contributed by atoms with E-state index in [1.54, 1.807) is 30.8 Å². The molecule has 10 heteroatoms. The zero-order valence-electron chi connectivity index (χ0n) is 24.8. The Morgan fingerprint density at radius 1 is 1.05 bits per heavy atom. The lowest BCUT2D eigenvalue weighted by molar-refractivity contribution is -0.129. The minimum Gasteiger partial charge on any atom is -0.494 e. The Morgan fingerprint density at radius 2 is 1.84 bits per heavy atom. The van der Waals surface area contributed by atoms with Crippen LogP contribution in [0, 0.1) is 5.92 Å². The number of aromatic carboxylic acids is 1. The first-order valence-corrected chi connectivity index (χ1v) is 15.0. The Hall–Kier alpha value is -4.60. The van der Waals surface area contributed by atoms with Crippen molar-refractivity contribution in [3.05, 3.63) is 65.5 Å². The highest BCUT2D eigenvalue weighted by Crippen LogP contribution is 2.41. The summed E-state index contributed by atoms with van der Waals surface area (Å²) >= 11 is 0. The summed E-state index contributed by atoms with van der Waals surface area (Å²) in [5, 5.41) is 15.4. The highest BCUT2D eigenvalue weighted by molar-refractivity contribution is 5.97. The van der Waals surface area contributed by atoms with Gasteiger partial charge in [0.2, 0.25) is 5.91 Å². The molecule has 4 heterocycles. The van der Waals surface area contributed by atoms with E-state index in [1.165, 1.54) is 29.3 Å². The third-order valence-electron chi connectivity index (χ3n) is 9.07. The molecule has 2 fully saturated rings. The molecule has 222 valence electrons. The molecule has 7 rings (SSSR count). The number of aromatic nitrogens is 5. The molecule has 2 aliphatic rings. The zero-order chi connectivity index (χ0) is 29.8. The second-order valence-electron chi connectivity index (χ2n) is 12.0. The summed E-state index contributed by atoms with van der Waals surface area (Å²) < 4.78 is 12.1. The summed E-state index contributed by atoms with van der Waals surface area (Å²) in [6.07, 6.45) is 8.13. The van der Waals surface area contributed by atoms with E-state index in [0.717, 1.165) is 55.1 Å². The molecule has 43 heavy (non-hydrogen) atoms. The van der Waals surface area contributed by atoms with Crippen LogP contribution >= 0.6 is 0 Å². The number of amides is 1. The number of fused-ring (bicyclic) bond motifs is 2. The van der Waals surface area contributed by atoms with Gasteiger partial charge in [-0.25, -0.2) is 9.78 Å². The maximum absolute atomic E-state index is 12.0. The third kappa shape index (κ3) is 4.94. The number of aryl methyl sites for hydroxylation is 1. The normalized spacial score (nSPS) is 15.9. The number of ether oxygens (including phenoxy) is 1. The average Bonchev–Trinajstić information content (AvgIpc) is 3.45. The van der Waals surface area contributed by atoms with Crippen LogP contribution in [0.5, 0.6) is 5.75 Å². The second-order valence-corrected chi connectivity index (χ2v) is 12.0. The van der Waals surface area contributed by atoms with Crippen LogP contribution < -0.4 is 4.74 Å². The molecule has 0 atom stereocenters. The lowest BCUT2D eigenvalue weighted by atomic mass is 9.88. The van der Waals surface area contributed by atoms with Crippen molar-refractivity contribution in [1.29, 1.82) is 0 Å². The van der Waals surface area contributed by atoms with Crippen LogP contribution in [0.25, 0.3) is 33.5 Å². The van der Waals surface area contributed by atoms with Gasteiger partial charge in [-0.1, -0.05) is 18.2 Å². The number of piperidine rings is 1. The number of hydrogen-bond acceptors (Lipinski definition) is 5. The first-order chi connectivity index (χ1) is 20.8. The topological polar surface area (TPSA) is 107 Å². The van der Waals surface area contributed by atoms with Crippen LogP contribution in [-0.2, 0) is 24.9 Å². The largest absolute Gasteiger partial charge is 0.494 e. The molecule has 1 N–H and O–H groups in total. The zero-order valence-corrected chi connectivity index (χ0v) is 24.8. The minimum absolute atomic E-state index is 0.139. The predicted molar refractivity (Wildman–Crippen MR) is 163 cm³/mol. The summed E-state index contributed by atoms with van der Waals surface area (Å²) in [5.74, 6) is 1.35.